The molecule has 3 aliphatic rings. The van der Waals surface area contributed by atoms with Crippen LogP contribution in [0.4, 0.5) is 0 Å². The van der Waals surface area contributed by atoms with Crippen LogP contribution >= 0.6 is 0 Å². The van der Waals surface area contributed by atoms with Crippen LogP contribution in [0, 0.1) is 17.8 Å². The molecule has 0 aromatic carbocycles. The maximum absolute atomic E-state index is 2.68. The molecule has 1 heterocycles. The number of hydrogen-bond donors (Lipinski definition) is 0. The summed E-state index contributed by atoms with van der Waals surface area (Å²) in [6.07, 6.45) is 5.99. The SMILES string of the molecule is CCC1CC12CC1CC1CN2C. The third-order valence-electron chi connectivity index (χ3n) is 4.65. The van der Waals surface area contributed by atoms with Crippen LogP contribution in [0.2, 0.25) is 0 Å². The number of likely N-dealkylation sites (tertiary alicyclic amines) is 1. The Kier molecular flexibility index (Phi) is 1.27. The van der Waals surface area contributed by atoms with E-state index >= 15 is 0 Å². The molecule has 1 heteroatoms. The predicted molar refractivity (Wildman–Crippen MR) is 50.0 cm³/mol. The first-order valence-electron chi connectivity index (χ1n) is 5.47. The van der Waals surface area contributed by atoms with E-state index < -0.39 is 0 Å². The highest BCUT2D eigenvalue weighted by Crippen LogP contribution is 2.62. The monoisotopic (exact) mass is 165 g/mol. The van der Waals surface area contributed by atoms with Crippen molar-refractivity contribution in [3.05, 3.63) is 0 Å². The quantitative estimate of drug-likeness (QED) is 0.575. The van der Waals surface area contributed by atoms with E-state index in [9.17, 15) is 0 Å². The second-order valence-corrected chi connectivity index (χ2v) is 5.25. The van der Waals surface area contributed by atoms with Crippen LogP contribution in [0.5, 0.6) is 0 Å². The van der Waals surface area contributed by atoms with Crippen LogP contribution in [0.1, 0.15) is 32.6 Å². The van der Waals surface area contributed by atoms with Gasteiger partial charge in [0, 0.05) is 12.1 Å². The molecule has 0 amide bonds. The van der Waals surface area contributed by atoms with E-state index in [-0.39, 0.29) is 0 Å². The van der Waals surface area contributed by atoms with Gasteiger partial charge in [0.05, 0.1) is 0 Å². The summed E-state index contributed by atoms with van der Waals surface area (Å²) >= 11 is 0. The van der Waals surface area contributed by atoms with E-state index in [2.05, 4.69) is 18.9 Å². The molecule has 4 atom stereocenters. The number of piperidine rings is 1. The van der Waals surface area contributed by atoms with Crippen LogP contribution in [0.15, 0.2) is 0 Å². The van der Waals surface area contributed by atoms with Gasteiger partial charge in [0.25, 0.3) is 0 Å². The van der Waals surface area contributed by atoms with Crippen molar-refractivity contribution in [1.29, 1.82) is 0 Å². The molecule has 2 saturated carbocycles. The Balaban J connectivity index is 1.77. The van der Waals surface area contributed by atoms with Gasteiger partial charge in [-0.15, -0.1) is 0 Å². The van der Waals surface area contributed by atoms with Crippen LogP contribution in [-0.4, -0.2) is 24.0 Å². The second kappa shape index (κ2) is 2.06. The van der Waals surface area contributed by atoms with E-state index in [1.165, 1.54) is 25.8 Å². The summed E-state index contributed by atoms with van der Waals surface area (Å²) in [4.78, 5) is 2.68. The van der Waals surface area contributed by atoms with E-state index in [1.807, 2.05) is 0 Å². The molecule has 1 nitrogen and oxygen atoms in total. The van der Waals surface area contributed by atoms with Crippen LogP contribution in [0.3, 0.4) is 0 Å². The molecule has 12 heavy (non-hydrogen) atoms. The molecule has 3 rings (SSSR count). The van der Waals surface area contributed by atoms with Crippen molar-refractivity contribution in [3.63, 3.8) is 0 Å². The van der Waals surface area contributed by atoms with Gasteiger partial charge in [-0.25, -0.2) is 0 Å². The topological polar surface area (TPSA) is 3.24 Å². The summed E-state index contributed by atoms with van der Waals surface area (Å²) in [6, 6.07) is 0. The maximum atomic E-state index is 2.68. The van der Waals surface area contributed by atoms with Crippen molar-refractivity contribution >= 4 is 0 Å². The second-order valence-electron chi connectivity index (χ2n) is 5.25. The summed E-state index contributed by atoms with van der Waals surface area (Å²) in [7, 11) is 2.35. The summed E-state index contributed by atoms with van der Waals surface area (Å²) in [5, 5.41) is 0. The molecule has 3 fully saturated rings. The first kappa shape index (κ1) is 7.37. The Morgan fingerprint density at radius 3 is 2.83 bits per heavy atom. The number of hydrogen-bond acceptors (Lipinski definition) is 1. The van der Waals surface area contributed by atoms with Crippen molar-refractivity contribution in [2.45, 2.75) is 38.1 Å². The molecule has 1 aliphatic heterocycles. The van der Waals surface area contributed by atoms with Crippen molar-refractivity contribution in [2.24, 2.45) is 17.8 Å². The highest BCUT2D eigenvalue weighted by molar-refractivity contribution is 5.16. The van der Waals surface area contributed by atoms with E-state index in [1.54, 1.807) is 6.42 Å². The third kappa shape index (κ3) is 0.783. The molecular formula is C11H19N. The molecule has 0 N–H and O–H groups in total. The standard InChI is InChI=1S/C11H19N/c1-3-10-6-11(10)5-8-4-9(8)7-12(11)2/h8-10H,3-7H2,1-2H3. The van der Waals surface area contributed by atoms with Crippen molar-refractivity contribution < 1.29 is 0 Å². The van der Waals surface area contributed by atoms with Gasteiger partial charge in [-0.1, -0.05) is 13.3 Å². The normalized spacial score (nSPS) is 57.0. The van der Waals surface area contributed by atoms with Crippen molar-refractivity contribution in [1.82, 2.24) is 4.90 Å². The molecular weight excluding hydrogens is 146 g/mol. The summed E-state index contributed by atoms with van der Waals surface area (Å²) < 4.78 is 0. The van der Waals surface area contributed by atoms with Gasteiger partial charge in [-0.3, -0.25) is 0 Å². The van der Waals surface area contributed by atoms with Crippen molar-refractivity contribution in [3.8, 4) is 0 Å². The van der Waals surface area contributed by atoms with E-state index in [0.717, 1.165) is 17.8 Å². The lowest BCUT2D eigenvalue weighted by atomic mass is 9.97. The van der Waals surface area contributed by atoms with Gasteiger partial charge in [-0.2, -0.15) is 0 Å². The molecule has 1 saturated heterocycles. The zero-order chi connectivity index (χ0) is 8.34. The lowest BCUT2D eigenvalue weighted by Gasteiger charge is -2.33. The molecule has 4 unspecified atom stereocenters. The smallest absolute Gasteiger partial charge is 0.0241 e. The largest absolute Gasteiger partial charge is 0.300 e. The zero-order valence-electron chi connectivity index (χ0n) is 8.21. The first-order chi connectivity index (χ1) is 5.76. The fourth-order valence-electron chi connectivity index (χ4n) is 3.54. The highest BCUT2D eigenvalue weighted by Gasteiger charge is 2.62. The van der Waals surface area contributed by atoms with Gasteiger partial charge >= 0.3 is 0 Å². The number of nitrogens with zero attached hydrogens (tertiary/aromatic N) is 1. The fraction of sp³-hybridized carbons (Fsp3) is 1.00. The molecule has 0 aromatic rings. The Bertz CT molecular complexity index is 213. The summed E-state index contributed by atoms with van der Waals surface area (Å²) in [6.45, 7) is 3.76. The summed E-state index contributed by atoms with van der Waals surface area (Å²) in [5.74, 6) is 3.28. The van der Waals surface area contributed by atoms with Gasteiger partial charge in [-0.05, 0) is 44.1 Å². The molecule has 2 aliphatic carbocycles. The van der Waals surface area contributed by atoms with Gasteiger partial charge in [0.15, 0.2) is 0 Å². The Morgan fingerprint density at radius 1 is 1.33 bits per heavy atom. The van der Waals surface area contributed by atoms with Crippen molar-refractivity contribution in [2.75, 3.05) is 13.6 Å². The lowest BCUT2D eigenvalue weighted by Crippen LogP contribution is -2.41. The van der Waals surface area contributed by atoms with Gasteiger partial charge < -0.3 is 4.90 Å². The van der Waals surface area contributed by atoms with Crippen LogP contribution in [0.25, 0.3) is 0 Å². The number of rotatable bonds is 1. The average Bonchev–Trinajstić information content (AvgIpc) is 2.90. The van der Waals surface area contributed by atoms with Crippen LogP contribution in [-0.2, 0) is 0 Å². The maximum Gasteiger partial charge on any atom is 0.0241 e. The Labute approximate surface area is 75.1 Å². The minimum absolute atomic E-state index is 0.701. The van der Waals surface area contributed by atoms with E-state index in [4.69, 9.17) is 0 Å². The van der Waals surface area contributed by atoms with Gasteiger partial charge in [0.2, 0.25) is 0 Å². The van der Waals surface area contributed by atoms with Gasteiger partial charge in [0.1, 0.15) is 0 Å². The molecule has 0 bridgehead atoms. The lowest BCUT2D eigenvalue weighted by molar-refractivity contribution is 0.141. The first-order valence-corrected chi connectivity index (χ1v) is 5.47. The Hall–Kier alpha value is -0.0400. The van der Waals surface area contributed by atoms with Crippen LogP contribution < -0.4 is 0 Å². The Morgan fingerprint density at radius 2 is 2.17 bits per heavy atom. The molecule has 68 valence electrons. The predicted octanol–water partition coefficient (Wildman–Crippen LogP) is 2.13. The number of fused-ring (bicyclic) bond motifs is 1. The summed E-state index contributed by atoms with van der Waals surface area (Å²) in [5.41, 5.74) is 0.701. The molecule has 0 aromatic heterocycles. The minimum Gasteiger partial charge on any atom is -0.300 e. The fourth-order valence-corrected chi connectivity index (χ4v) is 3.54. The van der Waals surface area contributed by atoms with E-state index in [0.29, 0.717) is 5.54 Å². The third-order valence-corrected chi connectivity index (χ3v) is 4.65. The molecule has 1 spiro atoms. The minimum atomic E-state index is 0.701. The average molecular weight is 165 g/mol. The molecule has 0 radical (unpaired) electrons. The zero-order valence-corrected chi connectivity index (χ0v) is 8.21. The highest BCUT2D eigenvalue weighted by atomic mass is 15.2.